The van der Waals surface area contributed by atoms with Crippen LogP contribution in [0.15, 0.2) is 24.3 Å². The molecule has 1 aromatic rings. The molecule has 4 heteroatoms. The monoisotopic (exact) mass is 295 g/mol. The molecule has 110 valence electrons. The molecule has 0 saturated carbocycles. The van der Waals surface area contributed by atoms with Crippen LogP contribution in [0.2, 0.25) is 5.02 Å². The molecule has 1 heterocycles. The average Bonchev–Trinajstić information content (AvgIpc) is 2.85. The van der Waals surface area contributed by atoms with Crippen LogP contribution < -0.4 is 0 Å². The summed E-state index contributed by atoms with van der Waals surface area (Å²) in [7, 11) is 0. The van der Waals surface area contributed by atoms with Crippen molar-refractivity contribution in [2.45, 2.75) is 51.2 Å². The van der Waals surface area contributed by atoms with Gasteiger partial charge in [0.15, 0.2) is 0 Å². The number of aliphatic hydroxyl groups is 1. The van der Waals surface area contributed by atoms with Crippen LogP contribution in [0.4, 0.5) is 0 Å². The lowest BCUT2D eigenvalue weighted by Crippen LogP contribution is -2.37. The maximum absolute atomic E-state index is 12.3. The van der Waals surface area contributed by atoms with E-state index in [4.69, 9.17) is 11.6 Å². The summed E-state index contributed by atoms with van der Waals surface area (Å²) >= 11 is 5.85. The fourth-order valence-corrected chi connectivity index (χ4v) is 2.97. The van der Waals surface area contributed by atoms with Crippen LogP contribution in [-0.2, 0) is 11.2 Å². The number of carbonyl (C=O) groups excluding carboxylic acids is 1. The summed E-state index contributed by atoms with van der Waals surface area (Å²) < 4.78 is 0. The normalized spacial score (nSPS) is 20.1. The van der Waals surface area contributed by atoms with Crippen LogP contribution in [0, 0.1) is 0 Å². The van der Waals surface area contributed by atoms with E-state index in [0.29, 0.717) is 12.8 Å². The first-order valence-electron chi connectivity index (χ1n) is 7.28. The molecule has 2 rings (SSSR count). The van der Waals surface area contributed by atoms with E-state index in [1.807, 2.05) is 29.2 Å². The number of aliphatic hydroxyl groups excluding tert-OH is 1. The molecule has 0 spiro atoms. The largest absolute Gasteiger partial charge is 0.393 e. The molecule has 1 fully saturated rings. The van der Waals surface area contributed by atoms with Gasteiger partial charge in [-0.15, -0.1) is 0 Å². The van der Waals surface area contributed by atoms with Crippen LogP contribution >= 0.6 is 11.6 Å². The first kappa shape index (κ1) is 15.3. The SMILES string of the molecule is CC(O)CC1CCCN1C(=O)CCc1ccc(Cl)cc1. The third kappa shape index (κ3) is 4.22. The van der Waals surface area contributed by atoms with E-state index in [-0.39, 0.29) is 18.1 Å². The Labute approximate surface area is 125 Å². The van der Waals surface area contributed by atoms with Gasteiger partial charge in [0, 0.05) is 24.0 Å². The van der Waals surface area contributed by atoms with Gasteiger partial charge in [-0.3, -0.25) is 4.79 Å². The van der Waals surface area contributed by atoms with Crippen LogP contribution in [0.25, 0.3) is 0 Å². The zero-order valence-corrected chi connectivity index (χ0v) is 12.6. The van der Waals surface area contributed by atoms with E-state index in [1.54, 1.807) is 6.92 Å². The molecule has 0 radical (unpaired) electrons. The molecular weight excluding hydrogens is 274 g/mol. The highest BCUT2D eigenvalue weighted by atomic mass is 35.5. The lowest BCUT2D eigenvalue weighted by molar-refractivity contribution is -0.132. The van der Waals surface area contributed by atoms with Crippen LogP contribution in [0.5, 0.6) is 0 Å². The molecule has 1 aromatic carbocycles. The third-order valence-corrected chi connectivity index (χ3v) is 4.10. The van der Waals surface area contributed by atoms with Crippen molar-refractivity contribution in [2.24, 2.45) is 0 Å². The average molecular weight is 296 g/mol. The number of carbonyl (C=O) groups is 1. The molecule has 1 amide bonds. The maximum Gasteiger partial charge on any atom is 0.223 e. The van der Waals surface area contributed by atoms with Crippen molar-refractivity contribution >= 4 is 17.5 Å². The topological polar surface area (TPSA) is 40.5 Å². The number of hydrogen-bond acceptors (Lipinski definition) is 2. The summed E-state index contributed by atoms with van der Waals surface area (Å²) in [5.74, 6) is 0.197. The lowest BCUT2D eigenvalue weighted by Gasteiger charge is -2.25. The minimum atomic E-state index is -0.343. The predicted molar refractivity (Wildman–Crippen MR) is 80.8 cm³/mol. The van der Waals surface area contributed by atoms with Crippen LogP contribution in [0.3, 0.4) is 0 Å². The number of halogens is 1. The molecule has 2 atom stereocenters. The molecule has 1 aliphatic heterocycles. The van der Waals surface area contributed by atoms with Gasteiger partial charge >= 0.3 is 0 Å². The molecule has 20 heavy (non-hydrogen) atoms. The first-order valence-corrected chi connectivity index (χ1v) is 7.66. The van der Waals surface area contributed by atoms with Gasteiger partial charge < -0.3 is 10.0 Å². The van der Waals surface area contributed by atoms with Crippen molar-refractivity contribution in [1.82, 2.24) is 4.90 Å². The fraction of sp³-hybridized carbons (Fsp3) is 0.562. The summed E-state index contributed by atoms with van der Waals surface area (Å²) in [6.07, 6.45) is 3.67. The number of rotatable bonds is 5. The van der Waals surface area contributed by atoms with Gasteiger partial charge in [-0.2, -0.15) is 0 Å². The van der Waals surface area contributed by atoms with Crippen molar-refractivity contribution in [3.05, 3.63) is 34.9 Å². The van der Waals surface area contributed by atoms with E-state index >= 15 is 0 Å². The number of aryl methyl sites for hydroxylation is 1. The van der Waals surface area contributed by atoms with Gasteiger partial charge in [-0.1, -0.05) is 23.7 Å². The van der Waals surface area contributed by atoms with Gasteiger partial charge in [-0.05, 0) is 50.3 Å². The Balaban J connectivity index is 1.86. The third-order valence-electron chi connectivity index (χ3n) is 3.85. The standard InChI is InChI=1S/C16H22ClNO2/c1-12(19)11-15-3-2-10-18(15)16(20)9-6-13-4-7-14(17)8-5-13/h4-5,7-8,12,15,19H,2-3,6,9-11H2,1H3. The first-order chi connectivity index (χ1) is 9.56. The summed E-state index contributed by atoms with van der Waals surface area (Å²) in [6.45, 7) is 2.62. The zero-order valence-electron chi connectivity index (χ0n) is 11.9. The second kappa shape index (κ2) is 7.09. The van der Waals surface area contributed by atoms with E-state index in [0.717, 1.165) is 36.4 Å². The molecule has 0 aromatic heterocycles. The number of hydrogen-bond donors (Lipinski definition) is 1. The molecular formula is C16H22ClNO2. The number of benzene rings is 1. The minimum Gasteiger partial charge on any atom is -0.393 e. The highest BCUT2D eigenvalue weighted by Crippen LogP contribution is 2.23. The van der Waals surface area contributed by atoms with Crippen molar-refractivity contribution in [2.75, 3.05) is 6.54 Å². The van der Waals surface area contributed by atoms with Gasteiger partial charge in [-0.25, -0.2) is 0 Å². The van der Waals surface area contributed by atoms with E-state index in [9.17, 15) is 9.90 Å². The van der Waals surface area contributed by atoms with E-state index in [2.05, 4.69) is 0 Å². The number of nitrogens with zero attached hydrogens (tertiary/aromatic N) is 1. The Hall–Kier alpha value is -1.06. The highest BCUT2D eigenvalue weighted by Gasteiger charge is 2.28. The summed E-state index contributed by atoms with van der Waals surface area (Å²) in [5, 5.41) is 10.2. The smallest absolute Gasteiger partial charge is 0.223 e. The molecule has 0 aliphatic carbocycles. The summed E-state index contributed by atoms with van der Waals surface area (Å²) in [6, 6.07) is 7.86. The highest BCUT2D eigenvalue weighted by molar-refractivity contribution is 6.30. The zero-order chi connectivity index (χ0) is 14.5. The van der Waals surface area contributed by atoms with Crippen molar-refractivity contribution in [3.8, 4) is 0 Å². The Bertz CT molecular complexity index is 444. The van der Waals surface area contributed by atoms with Gasteiger partial charge in [0.1, 0.15) is 0 Å². The van der Waals surface area contributed by atoms with Crippen molar-refractivity contribution < 1.29 is 9.90 Å². The predicted octanol–water partition coefficient (Wildman–Crippen LogP) is 3.03. The Morgan fingerprint density at radius 1 is 1.45 bits per heavy atom. The van der Waals surface area contributed by atoms with Crippen LogP contribution in [0.1, 0.15) is 38.2 Å². The molecule has 2 unspecified atom stereocenters. The Morgan fingerprint density at radius 2 is 2.15 bits per heavy atom. The molecule has 3 nitrogen and oxygen atoms in total. The second-order valence-electron chi connectivity index (χ2n) is 5.59. The molecule has 1 saturated heterocycles. The number of amides is 1. The summed E-state index contributed by atoms with van der Waals surface area (Å²) in [5.41, 5.74) is 1.13. The van der Waals surface area contributed by atoms with Gasteiger partial charge in [0.25, 0.3) is 0 Å². The van der Waals surface area contributed by atoms with Crippen molar-refractivity contribution in [3.63, 3.8) is 0 Å². The molecule has 1 aliphatic rings. The summed E-state index contributed by atoms with van der Waals surface area (Å²) in [4.78, 5) is 14.2. The van der Waals surface area contributed by atoms with Gasteiger partial charge in [0.2, 0.25) is 5.91 Å². The molecule has 1 N–H and O–H groups in total. The fourth-order valence-electron chi connectivity index (χ4n) is 2.85. The number of likely N-dealkylation sites (tertiary alicyclic amines) is 1. The Kier molecular flexibility index (Phi) is 5.44. The van der Waals surface area contributed by atoms with Crippen molar-refractivity contribution in [1.29, 1.82) is 0 Å². The molecule has 0 bridgehead atoms. The van der Waals surface area contributed by atoms with Crippen LogP contribution in [-0.4, -0.2) is 34.6 Å². The van der Waals surface area contributed by atoms with E-state index in [1.165, 1.54) is 0 Å². The lowest BCUT2D eigenvalue weighted by atomic mass is 10.1. The quantitative estimate of drug-likeness (QED) is 0.907. The Morgan fingerprint density at radius 3 is 2.80 bits per heavy atom. The van der Waals surface area contributed by atoms with E-state index < -0.39 is 0 Å². The van der Waals surface area contributed by atoms with Gasteiger partial charge in [0.05, 0.1) is 6.10 Å². The minimum absolute atomic E-state index is 0.197. The second-order valence-corrected chi connectivity index (χ2v) is 6.03. The maximum atomic E-state index is 12.3.